The second-order valence-electron chi connectivity index (χ2n) is 4.61. The molecule has 0 bridgehead atoms. The molecular weight excluding hydrogens is 238 g/mol. The second-order valence-corrected chi connectivity index (χ2v) is 4.61. The predicted molar refractivity (Wildman–Crippen MR) is 61.4 cm³/mol. The molecule has 1 unspecified atom stereocenters. The third-order valence-electron chi connectivity index (χ3n) is 3.25. The van der Waals surface area contributed by atoms with E-state index in [9.17, 15) is 9.59 Å². The minimum atomic E-state index is -0.573. The summed E-state index contributed by atoms with van der Waals surface area (Å²) >= 11 is 0. The van der Waals surface area contributed by atoms with E-state index in [0.717, 1.165) is 0 Å². The van der Waals surface area contributed by atoms with Gasteiger partial charge in [0.25, 0.3) is 5.91 Å². The van der Waals surface area contributed by atoms with E-state index in [1.165, 1.54) is 4.90 Å². The van der Waals surface area contributed by atoms with E-state index in [0.29, 0.717) is 19.5 Å². The van der Waals surface area contributed by atoms with E-state index in [1.54, 1.807) is 7.05 Å². The van der Waals surface area contributed by atoms with E-state index >= 15 is 0 Å². The Morgan fingerprint density at radius 1 is 1.50 bits per heavy atom. The van der Waals surface area contributed by atoms with Crippen LogP contribution in [0, 0.1) is 5.41 Å². The highest BCUT2D eigenvalue weighted by molar-refractivity contribution is 5.97. The van der Waals surface area contributed by atoms with Gasteiger partial charge in [-0.05, 0) is 23.7 Å². The summed E-state index contributed by atoms with van der Waals surface area (Å²) in [4.78, 5) is 25.3. The Morgan fingerprint density at radius 3 is 2.78 bits per heavy atom. The lowest BCUT2D eigenvalue weighted by Crippen LogP contribution is -2.40. The first-order valence-corrected chi connectivity index (χ1v) is 5.57. The second kappa shape index (κ2) is 4.28. The molecule has 1 atom stereocenters. The Kier molecular flexibility index (Phi) is 2.93. The minimum Gasteiger partial charge on any atom is -0.379 e. The fourth-order valence-electron chi connectivity index (χ4n) is 2.12. The molecule has 1 fully saturated rings. The number of amides is 2. The average molecular weight is 253 g/mol. The Labute approximate surface area is 103 Å². The largest absolute Gasteiger partial charge is 0.379 e. The third kappa shape index (κ3) is 1.89. The molecule has 1 aromatic rings. The zero-order valence-corrected chi connectivity index (χ0v) is 10.3. The summed E-state index contributed by atoms with van der Waals surface area (Å²) in [5, 5.41) is 9.44. The monoisotopic (exact) mass is 253 g/mol. The van der Waals surface area contributed by atoms with Gasteiger partial charge < -0.3 is 16.0 Å². The quantitative estimate of drug-likeness (QED) is 0.716. The number of likely N-dealkylation sites (tertiary alicyclic amines) is 1. The van der Waals surface area contributed by atoms with Crippen LogP contribution in [0.25, 0.3) is 0 Å². The number of anilines is 1. The molecule has 3 N–H and O–H groups in total. The van der Waals surface area contributed by atoms with Crippen molar-refractivity contribution in [2.75, 3.05) is 25.9 Å². The molecule has 8 nitrogen and oxygen atoms in total. The number of carbonyl (C=O) groups excluding carboxylic acids is 2. The first-order chi connectivity index (χ1) is 8.48. The molecule has 1 aromatic heterocycles. The Balaban J connectivity index is 2.12. The molecule has 8 heteroatoms. The van der Waals surface area contributed by atoms with Crippen LogP contribution in [0.2, 0.25) is 0 Å². The van der Waals surface area contributed by atoms with Crippen LogP contribution in [0.5, 0.6) is 0 Å². The normalized spacial score (nSPS) is 23.1. The lowest BCUT2D eigenvalue weighted by Gasteiger charge is -2.22. The molecule has 1 saturated heterocycles. The first-order valence-electron chi connectivity index (χ1n) is 5.57. The molecule has 0 aliphatic carbocycles. The van der Waals surface area contributed by atoms with Gasteiger partial charge in [0.1, 0.15) is 0 Å². The van der Waals surface area contributed by atoms with Gasteiger partial charge in [-0.1, -0.05) is 0 Å². The van der Waals surface area contributed by atoms with Crippen molar-refractivity contribution in [1.29, 1.82) is 0 Å². The zero-order valence-electron chi connectivity index (χ0n) is 10.3. The van der Waals surface area contributed by atoms with Crippen molar-refractivity contribution < 1.29 is 14.2 Å². The topological polar surface area (TPSA) is 114 Å². The molecule has 0 aromatic carbocycles. The predicted octanol–water partition coefficient (Wildman–Crippen LogP) is -0.750. The van der Waals surface area contributed by atoms with Gasteiger partial charge in [0.05, 0.1) is 5.41 Å². The lowest BCUT2D eigenvalue weighted by atomic mass is 9.89. The highest BCUT2D eigenvalue weighted by Crippen LogP contribution is 2.31. The summed E-state index contributed by atoms with van der Waals surface area (Å²) in [6.45, 7) is 2.64. The summed E-state index contributed by atoms with van der Waals surface area (Å²) < 4.78 is 4.39. The van der Waals surface area contributed by atoms with Gasteiger partial charge in [-0.2, -0.15) is 0 Å². The summed E-state index contributed by atoms with van der Waals surface area (Å²) in [5.41, 5.74) is 4.89. The number of rotatable bonds is 2. The molecule has 2 heterocycles. The molecular formula is C10H15N5O3. The van der Waals surface area contributed by atoms with Crippen LogP contribution in [0.15, 0.2) is 4.63 Å². The van der Waals surface area contributed by atoms with Crippen molar-refractivity contribution >= 4 is 17.6 Å². The molecule has 1 aliphatic rings. The fraction of sp³-hybridized carbons (Fsp3) is 0.600. The van der Waals surface area contributed by atoms with E-state index in [2.05, 4.69) is 20.3 Å². The zero-order chi connectivity index (χ0) is 13.3. The summed E-state index contributed by atoms with van der Waals surface area (Å²) in [5.74, 6) is -0.473. The maximum absolute atomic E-state index is 12.1. The van der Waals surface area contributed by atoms with Crippen molar-refractivity contribution in [2.45, 2.75) is 13.3 Å². The SMILES string of the molecule is CNC(=O)C1(C)CCN(C(=O)c2nonc2N)C1. The van der Waals surface area contributed by atoms with Crippen molar-refractivity contribution in [3.8, 4) is 0 Å². The Hall–Kier alpha value is -2.12. The van der Waals surface area contributed by atoms with Crippen LogP contribution in [-0.2, 0) is 4.79 Å². The smallest absolute Gasteiger partial charge is 0.280 e. The number of hydrogen-bond acceptors (Lipinski definition) is 6. The van der Waals surface area contributed by atoms with Crippen molar-refractivity contribution in [2.24, 2.45) is 5.41 Å². The maximum atomic E-state index is 12.1. The van der Waals surface area contributed by atoms with E-state index in [4.69, 9.17) is 5.73 Å². The number of nitrogens with zero attached hydrogens (tertiary/aromatic N) is 3. The van der Waals surface area contributed by atoms with Crippen molar-refractivity contribution in [3.05, 3.63) is 5.69 Å². The minimum absolute atomic E-state index is 0.00356. The molecule has 0 radical (unpaired) electrons. The van der Waals surface area contributed by atoms with Gasteiger partial charge in [-0.15, -0.1) is 0 Å². The van der Waals surface area contributed by atoms with Gasteiger partial charge in [0.2, 0.25) is 17.4 Å². The number of aromatic nitrogens is 2. The number of hydrogen-bond donors (Lipinski definition) is 2. The molecule has 18 heavy (non-hydrogen) atoms. The molecule has 2 amide bonds. The third-order valence-corrected chi connectivity index (χ3v) is 3.25. The van der Waals surface area contributed by atoms with Crippen LogP contribution in [0.1, 0.15) is 23.8 Å². The number of carbonyl (C=O) groups is 2. The van der Waals surface area contributed by atoms with Crippen LogP contribution >= 0.6 is 0 Å². The molecule has 2 rings (SSSR count). The summed E-state index contributed by atoms with van der Waals surface area (Å²) in [7, 11) is 1.58. The molecule has 0 saturated carbocycles. The summed E-state index contributed by atoms with van der Waals surface area (Å²) in [6.07, 6.45) is 0.601. The fourth-order valence-corrected chi connectivity index (χ4v) is 2.12. The van der Waals surface area contributed by atoms with E-state index in [-0.39, 0.29) is 23.3 Å². The van der Waals surface area contributed by atoms with Crippen LogP contribution in [0.3, 0.4) is 0 Å². The summed E-state index contributed by atoms with van der Waals surface area (Å²) in [6, 6.07) is 0. The standard InChI is InChI=1S/C10H15N5O3/c1-10(9(17)12-2)3-4-15(5-10)8(16)6-7(11)14-18-13-6/h3-5H2,1-2H3,(H2,11,14)(H,12,17). The number of nitrogens with two attached hydrogens (primary N) is 1. The van der Waals surface area contributed by atoms with Gasteiger partial charge in [-0.25, -0.2) is 4.63 Å². The highest BCUT2D eigenvalue weighted by Gasteiger charge is 2.42. The van der Waals surface area contributed by atoms with Gasteiger partial charge >= 0.3 is 0 Å². The van der Waals surface area contributed by atoms with Gasteiger partial charge in [0.15, 0.2) is 0 Å². The van der Waals surface area contributed by atoms with Gasteiger partial charge in [0, 0.05) is 20.1 Å². The van der Waals surface area contributed by atoms with Crippen LogP contribution in [-0.4, -0.2) is 47.2 Å². The Morgan fingerprint density at radius 2 is 2.22 bits per heavy atom. The van der Waals surface area contributed by atoms with Crippen molar-refractivity contribution in [1.82, 2.24) is 20.5 Å². The lowest BCUT2D eigenvalue weighted by molar-refractivity contribution is -0.128. The van der Waals surface area contributed by atoms with Crippen LogP contribution < -0.4 is 11.1 Å². The number of nitrogen functional groups attached to an aromatic ring is 1. The van der Waals surface area contributed by atoms with Crippen molar-refractivity contribution in [3.63, 3.8) is 0 Å². The molecule has 1 aliphatic heterocycles. The maximum Gasteiger partial charge on any atom is 0.280 e. The molecule has 0 spiro atoms. The molecule has 98 valence electrons. The average Bonchev–Trinajstić information content (AvgIpc) is 2.95. The van der Waals surface area contributed by atoms with E-state index in [1.807, 2.05) is 6.92 Å². The highest BCUT2D eigenvalue weighted by atomic mass is 16.6. The van der Waals surface area contributed by atoms with E-state index < -0.39 is 5.41 Å². The van der Waals surface area contributed by atoms with Gasteiger partial charge in [-0.3, -0.25) is 9.59 Å². The Bertz CT molecular complexity index is 486. The van der Waals surface area contributed by atoms with Crippen LogP contribution in [0.4, 0.5) is 5.82 Å². The number of nitrogens with one attached hydrogen (secondary N) is 1. The first kappa shape index (κ1) is 12.3.